The lowest BCUT2D eigenvalue weighted by Crippen LogP contribution is -2.05. The molecular weight excluding hydrogens is 398 g/mol. The highest BCUT2D eigenvalue weighted by Crippen LogP contribution is 2.28. The third kappa shape index (κ3) is 2.67. The average Bonchev–Trinajstić information content (AvgIpc) is 2.70. The van der Waals surface area contributed by atoms with Gasteiger partial charge in [-0.25, -0.2) is 13.9 Å². The number of nitrogens with zero attached hydrogens (tertiary/aromatic N) is 2. The van der Waals surface area contributed by atoms with E-state index in [0.717, 1.165) is 5.69 Å². The van der Waals surface area contributed by atoms with Gasteiger partial charge in [0.05, 0.1) is 20.0 Å². The highest BCUT2D eigenvalue weighted by Gasteiger charge is 2.23. The van der Waals surface area contributed by atoms with Crippen LogP contribution in [0.2, 0.25) is 5.02 Å². The molecule has 1 aromatic carbocycles. The first-order chi connectivity index (χ1) is 9.32. The van der Waals surface area contributed by atoms with Crippen molar-refractivity contribution < 1.29 is 14.3 Å². The molecule has 20 heavy (non-hydrogen) atoms. The molecule has 0 unspecified atom stereocenters. The Labute approximate surface area is 133 Å². The van der Waals surface area contributed by atoms with E-state index >= 15 is 0 Å². The van der Waals surface area contributed by atoms with Crippen LogP contribution in [-0.2, 0) is 0 Å². The standard InChI is InChI=1S/C13H11ClFIN2O2/c1-6(2)12-10(16)11(13(19)20)17-18(12)7-3-4-8(14)9(15)5-7/h3-6H,1-2H3,(H,19,20). The maximum Gasteiger partial charge on any atom is 0.357 e. The van der Waals surface area contributed by atoms with Gasteiger partial charge in [-0.3, -0.25) is 0 Å². The largest absolute Gasteiger partial charge is 0.476 e. The molecule has 0 fully saturated rings. The summed E-state index contributed by atoms with van der Waals surface area (Å²) in [5.41, 5.74) is 1.13. The molecule has 0 aliphatic rings. The van der Waals surface area contributed by atoms with Crippen molar-refractivity contribution in [2.45, 2.75) is 19.8 Å². The van der Waals surface area contributed by atoms with E-state index in [2.05, 4.69) is 5.10 Å². The van der Waals surface area contributed by atoms with Gasteiger partial charge in [-0.2, -0.15) is 5.10 Å². The summed E-state index contributed by atoms with van der Waals surface area (Å²) >= 11 is 7.61. The molecule has 0 radical (unpaired) electrons. The van der Waals surface area contributed by atoms with Crippen LogP contribution in [-0.4, -0.2) is 20.9 Å². The van der Waals surface area contributed by atoms with E-state index in [1.165, 1.54) is 16.8 Å². The second-order valence-corrected chi connectivity index (χ2v) is 6.00. The number of halogens is 3. The molecule has 1 N–H and O–H groups in total. The second kappa shape index (κ2) is 5.69. The maximum atomic E-state index is 13.6. The fraction of sp³-hybridized carbons (Fsp3) is 0.231. The van der Waals surface area contributed by atoms with Gasteiger partial charge in [-0.1, -0.05) is 25.4 Å². The van der Waals surface area contributed by atoms with Gasteiger partial charge in [0.25, 0.3) is 0 Å². The Hall–Kier alpha value is -1.15. The molecule has 0 aliphatic carbocycles. The lowest BCUT2D eigenvalue weighted by atomic mass is 10.1. The molecule has 0 bridgehead atoms. The highest BCUT2D eigenvalue weighted by atomic mass is 127. The number of carboxylic acids is 1. The summed E-state index contributed by atoms with van der Waals surface area (Å²) in [5.74, 6) is -1.63. The zero-order chi connectivity index (χ0) is 15.0. The quantitative estimate of drug-likeness (QED) is 0.778. The Morgan fingerprint density at radius 1 is 1.50 bits per heavy atom. The molecule has 0 amide bonds. The molecule has 2 aromatic rings. The molecule has 0 saturated heterocycles. The van der Waals surface area contributed by atoms with Crippen molar-refractivity contribution in [1.82, 2.24) is 9.78 Å². The molecular formula is C13H11ClFIN2O2. The Bertz CT molecular complexity index is 685. The summed E-state index contributed by atoms with van der Waals surface area (Å²) in [6.45, 7) is 3.85. The number of benzene rings is 1. The fourth-order valence-corrected chi connectivity index (χ4v) is 3.17. The summed E-state index contributed by atoms with van der Waals surface area (Å²) in [4.78, 5) is 11.2. The van der Waals surface area contributed by atoms with Gasteiger partial charge < -0.3 is 5.11 Å². The van der Waals surface area contributed by atoms with Crippen LogP contribution in [0.5, 0.6) is 0 Å². The molecule has 2 rings (SSSR count). The third-order valence-corrected chi connectivity index (χ3v) is 4.13. The minimum Gasteiger partial charge on any atom is -0.476 e. The number of carboxylic acid groups (broad SMARTS) is 1. The number of hydrogen-bond acceptors (Lipinski definition) is 2. The fourth-order valence-electron chi connectivity index (χ4n) is 1.86. The zero-order valence-electron chi connectivity index (χ0n) is 10.7. The van der Waals surface area contributed by atoms with E-state index in [9.17, 15) is 9.18 Å². The number of carbonyl (C=O) groups is 1. The van der Waals surface area contributed by atoms with Crippen LogP contribution >= 0.6 is 34.2 Å². The van der Waals surface area contributed by atoms with Crippen molar-refractivity contribution in [3.63, 3.8) is 0 Å². The van der Waals surface area contributed by atoms with Crippen LogP contribution in [0, 0.1) is 9.39 Å². The molecule has 0 aliphatic heterocycles. The van der Waals surface area contributed by atoms with Crippen molar-refractivity contribution in [2.75, 3.05) is 0 Å². The molecule has 0 atom stereocenters. The van der Waals surface area contributed by atoms with Gasteiger partial charge in [0.1, 0.15) is 5.82 Å². The number of aromatic carboxylic acids is 1. The van der Waals surface area contributed by atoms with E-state index in [-0.39, 0.29) is 16.6 Å². The van der Waals surface area contributed by atoms with Gasteiger partial charge in [0.15, 0.2) is 5.69 Å². The predicted molar refractivity (Wildman–Crippen MR) is 82.3 cm³/mol. The third-order valence-electron chi connectivity index (χ3n) is 2.76. The first kappa shape index (κ1) is 15.2. The topological polar surface area (TPSA) is 55.1 Å². The Balaban J connectivity index is 2.69. The predicted octanol–water partition coefficient (Wildman–Crippen LogP) is 4.09. The molecule has 4 nitrogen and oxygen atoms in total. The normalized spacial score (nSPS) is 11.1. The SMILES string of the molecule is CC(C)c1c(I)c(C(=O)O)nn1-c1ccc(Cl)c(F)c1. The van der Waals surface area contributed by atoms with Gasteiger partial charge in [0.2, 0.25) is 0 Å². The monoisotopic (exact) mass is 408 g/mol. The van der Waals surface area contributed by atoms with E-state index in [0.29, 0.717) is 9.26 Å². The Morgan fingerprint density at radius 2 is 2.15 bits per heavy atom. The summed E-state index contributed by atoms with van der Waals surface area (Å²) in [6, 6.07) is 4.26. The van der Waals surface area contributed by atoms with Gasteiger partial charge in [0, 0.05) is 6.07 Å². The van der Waals surface area contributed by atoms with Crippen molar-refractivity contribution in [3.8, 4) is 5.69 Å². The van der Waals surface area contributed by atoms with Crippen LogP contribution in [0.15, 0.2) is 18.2 Å². The second-order valence-electron chi connectivity index (χ2n) is 4.52. The van der Waals surface area contributed by atoms with Crippen molar-refractivity contribution in [2.24, 2.45) is 0 Å². The molecule has 1 aromatic heterocycles. The van der Waals surface area contributed by atoms with Crippen LogP contribution in [0.25, 0.3) is 5.69 Å². The number of hydrogen-bond donors (Lipinski definition) is 1. The van der Waals surface area contributed by atoms with Crippen LogP contribution in [0.4, 0.5) is 4.39 Å². The first-order valence-corrected chi connectivity index (χ1v) is 7.25. The summed E-state index contributed by atoms with van der Waals surface area (Å²) < 4.78 is 15.6. The van der Waals surface area contributed by atoms with Crippen LogP contribution in [0.3, 0.4) is 0 Å². The molecule has 7 heteroatoms. The maximum absolute atomic E-state index is 13.6. The van der Waals surface area contributed by atoms with Crippen LogP contribution in [0.1, 0.15) is 35.9 Å². The number of aromatic nitrogens is 2. The molecule has 1 heterocycles. The van der Waals surface area contributed by atoms with Crippen molar-refractivity contribution >= 4 is 40.2 Å². The van der Waals surface area contributed by atoms with Gasteiger partial charge in [-0.05, 0) is 40.6 Å². The highest BCUT2D eigenvalue weighted by molar-refractivity contribution is 14.1. The van der Waals surface area contributed by atoms with E-state index in [1.54, 1.807) is 6.07 Å². The lowest BCUT2D eigenvalue weighted by Gasteiger charge is -2.11. The summed E-state index contributed by atoms with van der Waals surface area (Å²) in [6.07, 6.45) is 0. The lowest BCUT2D eigenvalue weighted by molar-refractivity contribution is 0.0689. The van der Waals surface area contributed by atoms with Gasteiger partial charge in [-0.15, -0.1) is 0 Å². The van der Waals surface area contributed by atoms with Crippen molar-refractivity contribution in [3.05, 3.63) is 44.0 Å². The molecule has 106 valence electrons. The molecule has 0 saturated carbocycles. The minimum atomic E-state index is -1.11. The van der Waals surface area contributed by atoms with Gasteiger partial charge >= 0.3 is 5.97 Å². The first-order valence-electron chi connectivity index (χ1n) is 5.80. The summed E-state index contributed by atoms with van der Waals surface area (Å²) in [5, 5.41) is 13.2. The Kier molecular flexibility index (Phi) is 4.33. The summed E-state index contributed by atoms with van der Waals surface area (Å²) in [7, 11) is 0. The van der Waals surface area contributed by atoms with E-state index < -0.39 is 11.8 Å². The van der Waals surface area contributed by atoms with E-state index in [1.807, 2.05) is 36.4 Å². The average molecular weight is 409 g/mol. The van der Waals surface area contributed by atoms with E-state index in [4.69, 9.17) is 16.7 Å². The van der Waals surface area contributed by atoms with Crippen molar-refractivity contribution in [1.29, 1.82) is 0 Å². The number of rotatable bonds is 3. The Morgan fingerprint density at radius 3 is 2.65 bits per heavy atom. The minimum absolute atomic E-state index is 0.0140. The smallest absolute Gasteiger partial charge is 0.357 e. The zero-order valence-corrected chi connectivity index (χ0v) is 13.6. The molecule has 0 spiro atoms. The van der Waals surface area contributed by atoms with Crippen LogP contribution < -0.4 is 0 Å².